The monoisotopic (exact) mass is 363 g/mol. The highest BCUT2D eigenvalue weighted by Gasteiger charge is 2.22. The van der Waals surface area contributed by atoms with Crippen molar-refractivity contribution in [2.45, 2.75) is 45.4 Å². The number of anilines is 1. The fourth-order valence-corrected chi connectivity index (χ4v) is 3.85. The summed E-state index contributed by atoms with van der Waals surface area (Å²) in [5.41, 5.74) is 5.91. The fraction of sp³-hybridized carbons (Fsp3) is 0.348. The molecule has 1 N–H and O–H groups in total. The summed E-state index contributed by atoms with van der Waals surface area (Å²) in [6.07, 6.45) is 4.08. The molecule has 0 aliphatic carbocycles. The van der Waals surface area contributed by atoms with Gasteiger partial charge in [-0.15, -0.1) is 0 Å². The van der Waals surface area contributed by atoms with Gasteiger partial charge in [0.2, 0.25) is 0 Å². The van der Waals surface area contributed by atoms with E-state index < -0.39 is 0 Å². The summed E-state index contributed by atoms with van der Waals surface area (Å²) in [7, 11) is 0. The van der Waals surface area contributed by atoms with Gasteiger partial charge in [0.25, 0.3) is 0 Å². The summed E-state index contributed by atoms with van der Waals surface area (Å²) < 4.78 is 15.4. The molecule has 4 rings (SSSR count). The van der Waals surface area contributed by atoms with Crippen LogP contribution in [-0.4, -0.2) is 16.3 Å². The van der Waals surface area contributed by atoms with Crippen molar-refractivity contribution in [1.29, 1.82) is 0 Å². The lowest BCUT2D eigenvalue weighted by Gasteiger charge is -2.15. The maximum Gasteiger partial charge on any atom is 0.133 e. The molecular formula is C23H26FN3. The predicted molar refractivity (Wildman–Crippen MR) is 108 cm³/mol. The first-order valence-electron chi connectivity index (χ1n) is 9.82. The first-order chi connectivity index (χ1) is 13.1. The Morgan fingerprint density at radius 1 is 1.07 bits per heavy atom. The van der Waals surface area contributed by atoms with E-state index in [2.05, 4.69) is 48.1 Å². The van der Waals surface area contributed by atoms with E-state index in [0.29, 0.717) is 5.92 Å². The molecule has 140 valence electrons. The second kappa shape index (κ2) is 7.55. The molecule has 0 bridgehead atoms. The zero-order valence-electron chi connectivity index (χ0n) is 16.0. The van der Waals surface area contributed by atoms with Crippen molar-refractivity contribution in [3.8, 4) is 5.69 Å². The summed E-state index contributed by atoms with van der Waals surface area (Å²) in [6.45, 7) is 5.40. The normalized spacial score (nSPS) is 13.9. The van der Waals surface area contributed by atoms with E-state index in [1.54, 1.807) is 0 Å². The van der Waals surface area contributed by atoms with Crippen molar-refractivity contribution in [3.05, 3.63) is 76.7 Å². The molecule has 0 spiro atoms. The molecule has 0 fully saturated rings. The van der Waals surface area contributed by atoms with Gasteiger partial charge in [-0.3, -0.25) is 0 Å². The number of halogens is 1. The highest BCUT2D eigenvalue weighted by atomic mass is 19.1. The minimum Gasteiger partial charge on any atom is -0.370 e. The van der Waals surface area contributed by atoms with Crippen LogP contribution in [0.2, 0.25) is 0 Å². The topological polar surface area (TPSA) is 29.9 Å². The Morgan fingerprint density at radius 3 is 2.63 bits per heavy atom. The third kappa shape index (κ3) is 3.61. The summed E-state index contributed by atoms with van der Waals surface area (Å²) in [5, 5.41) is 8.64. The number of rotatable bonds is 4. The molecule has 1 aliphatic rings. The molecule has 2 aromatic carbocycles. The van der Waals surface area contributed by atoms with Gasteiger partial charge < -0.3 is 5.32 Å². The highest BCUT2D eigenvalue weighted by Crippen LogP contribution is 2.32. The lowest BCUT2D eigenvalue weighted by molar-refractivity contribution is 0.627. The van der Waals surface area contributed by atoms with E-state index in [1.165, 1.54) is 23.3 Å². The number of para-hydroxylation sites is 1. The smallest absolute Gasteiger partial charge is 0.133 e. The number of nitrogens with one attached hydrogen (secondary N) is 1. The first kappa shape index (κ1) is 17.8. The fourth-order valence-electron chi connectivity index (χ4n) is 3.85. The molecule has 1 aliphatic heterocycles. The zero-order chi connectivity index (χ0) is 18.8. The Morgan fingerprint density at radius 2 is 1.85 bits per heavy atom. The second-order valence-corrected chi connectivity index (χ2v) is 7.59. The van der Waals surface area contributed by atoms with E-state index in [0.717, 1.165) is 55.0 Å². The van der Waals surface area contributed by atoms with Crippen LogP contribution in [0.1, 0.15) is 55.0 Å². The Labute approximate surface area is 160 Å². The number of hydrogen-bond acceptors (Lipinski definition) is 2. The Bertz CT molecular complexity index is 925. The molecule has 0 saturated heterocycles. The summed E-state index contributed by atoms with van der Waals surface area (Å²) in [4.78, 5) is 0. The van der Waals surface area contributed by atoms with Crippen LogP contribution in [0.5, 0.6) is 0 Å². The maximum absolute atomic E-state index is 13.3. The van der Waals surface area contributed by atoms with Gasteiger partial charge in [-0.05, 0) is 54.5 Å². The van der Waals surface area contributed by atoms with Crippen LogP contribution in [0, 0.1) is 5.82 Å². The van der Waals surface area contributed by atoms with Gasteiger partial charge in [0.05, 0.1) is 11.4 Å². The van der Waals surface area contributed by atoms with Crippen LogP contribution in [0.3, 0.4) is 0 Å². The van der Waals surface area contributed by atoms with Gasteiger partial charge in [-0.1, -0.05) is 44.2 Å². The molecule has 2 heterocycles. The van der Waals surface area contributed by atoms with Crippen molar-refractivity contribution in [1.82, 2.24) is 9.78 Å². The zero-order valence-corrected chi connectivity index (χ0v) is 16.0. The van der Waals surface area contributed by atoms with Crippen LogP contribution in [0.15, 0.2) is 48.5 Å². The Kier molecular flexibility index (Phi) is 4.97. The number of fused-ring (bicyclic) bond motifs is 1. The molecule has 4 heteroatoms. The number of benzene rings is 2. The third-order valence-corrected chi connectivity index (χ3v) is 5.28. The van der Waals surface area contributed by atoms with Gasteiger partial charge >= 0.3 is 0 Å². The van der Waals surface area contributed by atoms with E-state index in [-0.39, 0.29) is 5.82 Å². The quantitative estimate of drug-likeness (QED) is 0.666. The van der Waals surface area contributed by atoms with Gasteiger partial charge in [-0.2, -0.15) is 5.10 Å². The summed E-state index contributed by atoms with van der Waals surface area (Å²) in [5.74, 6) is 1.35. The Balaban J connectivity index is 1.81. The van der Waals surface area contributed by atoms with Crippen molar-refractivity contribution in [2.24, 2.45) is 0 Å². The van der Waals surface area contributed by atoms with Crippen molar-refractivity contribution >= 4 is 5.82 Å². The van der Waals surface area contributed by atoms with E-state index in [1.807, 2.05) is 12.1 Å². The maximum atomic E-state index is 13.3. The van der Waals surface area contributed by atoms with Crippen LogP contribution < -0.4 is 5.32 Å². The largest absolute Gasteiger partial charge is 0.370 e. The average molecular weight is 363 g/mol. The molecule has 0 radical (unpaired) electrons. The number of hydrogen-bond donors (Lipinski definition) is 1. The van der Waals surface area contributed by atoms with Gasteiger partial charge in [0.15, 0.2) is 0 Å². The lowest BCUT2D eigenvalue weighted by atomic mass is 10.0. The first-order valence-corrected chi connectivity index (χ1v) is 9.82. The van der Waals surface area contributed by atoms with E-state index >= 15 is 0 Å². The lowest BCUT2D eigenvalue weighted by Crippen LogP contribution is -2.09. The average Bonchev–Trinajstić information content (AvgIpc) is 2.84. The molecular weight excluding hydrogens is 337 g/mol. The summed E-state index contributed by atoms with van der Waals surface area (Å²) >= 11 is 0. The standard InChI is InChI=1S/C23H26FN3/c1-16(2)19-7-3-4-9-22(19)27-23-20(8-5-6-14-25-23)21(26-27)15-17-10-12-18(24)13-11-17/h3-4,7,9-13,16,25H,5-6,8,14-15H2,1-2H3. The minimum absolute atomic E-state index is 0.198. The van der Waals surface area contributed by atoms with Crippen molar-refractivity contribution in [2.75, 3.05) is 11.9 Å². The number of nitrogens with zero attached hydrogens (tertiary/aromatic N) is 2. The SMILES string of the molecule is CC(C)c1ccccc1-n1nc(Cc2ccc(F)cc2)c2c1NCCCC2. The molecule has 0 amide bonds. The predicted octanol–water partition coefficient (Wildman–Crippen LogP) is 5.47. The van der Waals surface area contributed by atoms with Crippen LogP contribution in [-0.2, 0) is 12.8 Å². The highest BCUT2D eigenvalue weighted by molar-refractivity contribution is 5.57. The number of aromatic nitrogens is 2. The molecule has 1 aromatic heterocycles. The molecule has 0 unspecified atom stereocenters. The van der Waals surface area contributed by atoms with Crippen LogP contribution >= 0.6 is 0 Å². The third-order valence-electron chi connectivity index (χ3n) is 5.28. The minimum atomic E-state index is -0.198. The molecule has 0 saturated carbocycles. The molecule has 3 nitrogen and oxygen atoms in total. The molecule has 27 heavy (non-hydrogen) atoms. The van der Waals surface area contributed by atoms with E-state index in [9.17, 15) is 4.39 Å². The van der Waals surface area contributed by atoms with Gasteiger partial charge in [0.1, 0.15) is 11.6 Å². The Hall–Kier alpha value is -2.62. The molecule has 3 aromatic rings. The van der Waals surface area contributed by atoms with Gasteiger partial charge in [0, 0.05) is 18.5 Å². The van der Waals surface area contributed by atoms with Crippen LogP contribution in [0.25, 0.3) is 5.69 Å². The summed E-state index contributed by atoms with van der Waals surface area (Å²) in [6, 6.07) is 15.3. The van der Waals surface area contributed by atoms with Crippen molar-refractivity contribution in [3.63, 3.8) is 0 Å². The van der Waals surface area contributed by atoms with Gasteiger partial charge in [-0.25, -0.2) is 9.07 Å². The second-order valence-electron chi connectivity index (χ2n) is 7.59. The molecule has 0 atom stereocenters. The van der Waals surface area contributed by atoms with Crippen LogP contribution in [0.4, 0.5) is 10.2 Å². The van der Waals surface area contributed by atoms with E-state index in [4.69, 9.17) is 5.10 Å². The van der Waals surface area contributed by atoms with Crippen molar-refractivity contribution < 1.29 is 4.39 Å².